The highest BCUT2D eigenvalue weighted by Gasteiger charge is 2.45. The van der Waals surface area contributed by atoms with Gasteiger partial charge in [0.1, 0.15) is 0 Å². The number of hydrogen-bond acceptors (Lipinski definition) is 5. The lowest BCUT2D eigenvalue weighted by Crippen LogP contribution is -2.48. The van der Waals surface area contributed by atoms with Gasteiger partial charge in [-0.2, -0.15) is 29.6 Å². The van der Waals surface area contributed by atoms with Crippen LogP contribution in [0.1, 0.15) is 25.3 Å². The average Bonchev–Trinajstić information content (AvgIpc) is 3.42. The predicted molar refractivity (Wildman–Crippen MR) is 108 cm³/mol. The lowest BCUT2D eigenvalue weighted by atomic mass is 9.92. The van der Waals surface area contributed by atoms with Crippen molar-refractivity contribution in [1.82, 2.24) is 19.6 Å². The maximum atomic E-state index is 12.3. The fraction of sp³-hybridized carbons (Fsp3) is 0.550. The molecule has 0 saturated carbocycles. The normalized spacial score (nSPS) is 23.7. The summed E-state index contributed by atoms with van der Waals surface area (Å²) in [5.74, 6) is -1.96. The Morgan fingerprint density at radius 3 is 2.65 bits per heavy atom. The van der Waals surface area contributed by atoms with E-state index in [0.29, 0.717) is 12.0 Å². The molecule has 1 amide bonds. The molecule has 4 heterocycles. The number of halogens is 3. The third-order valence-corrected chi connectivity index (χ3v) is 6.38. The molecule has 0 aliphatic carbocycles. The molecule has 2 aliphatic rings. The van der Waals surface area contributed by atoms with Crippen molar-refractivity contribution in [1.29, 1.82) is 0 Å². The number of hydrogen-bond donors (Lipinski definition) is 1. The van der Waals surface area contributed by atoms with E-state index in [0.717, 1.165) is 39.0 Å². The smallest absolute Gasteiger partial charge is 0.475 e. The van der Waals surface area contributed by atoms with Crippen LogP contribution in [-0.2, 0) is 22.7 Å². The number of carboxylic acids is 1. The summed E-state index contributed by atoms with van der Waals surface area (Å²) >= 11 is 1.77. The number of carboxylic acid groups (broad SMARTS) is 1. The molecule has 0 spiro atoms. The minimum absolute atomic E-state index is 0.214. The molecule has 3 atom stereocenters. The Bertz CT molecular complexity index is 858. The van der Waals surface area contributed by atoms with Gasteiger partial charge in [0, 0.05) is 45.0 Å². The van der Waals surface area contributed by atoms with Crippen LogP contribution in [0.25, 0.3) is 0 Å². The minimum atomic E-state index is -5.08. The molecule has 0 aromatic carbocycles. The Morgan fingerprint density at radius 1 is 1.35 bits per heavy atom. The van der Waals surface area contributed by atoms with Crippen LogP contribution in [-0.4, -0.2) is 67.9 Å². The maximum absolute atomic E-state index is 12.3. The third-order valence-electron chi connectivity index (χ3n) is 5.65. The summed E-state index contributed by atoms with van der Waals surface area (Å²) < 4.78 is 33.7. The quantitative estimate of drug-likeness (QED) is 0.762. The molecule has 0 radical (unpaired) electrons. The molecule has 2 aromatic rings. The second-order valence-corrected chi connectivity index (χ2v) is 8.61. The summed E-state index contributed by atoms with van der Waals surface area (Å²) in [6.45, 7) is 5.74. The van der Waals surface area contributed by atoms with Crippen LogP contribution in [0, 0.1) is 5.92 Å². The van der Waals surface area contributed by atoms with Crippen molar-refractivity contribution >= 4 is 23.2 Å². The number of rotatable bonds is 4. The fourth-order valence-electron chi connectivity index (χ4n) is 4.49. The van der Waals surface area contributed by atoms with E-state index in [1.807, 2.05) is 23.1 Å². The van der Waals surface area contributed by atoms with Crippen molar-refractivity contribution < 1.29 is 27.9 Å². The number of alkyl halides is 3. The number of amides is 1. The summed E-state index contributed by atoms with van der Waals surface area (Å²) in [4.78, 5) is 25.9. The van der Waals surface area contributed by atoms with Crippen LogP contribution in [0.15, 0.2) is 35.3 Å². The Kier molecular flexibility index (Phi) is 7.37. The zero-order valence-electron chi connectivity index (χ0n) is 17.0. The summed E-state index contributed by atoms with van der Waals surface area (Å²) in [7, 11) is 0. The van der Waals surface area contributed by atoms with E-state index in [1.54, 1.807) is 18.3 Å². The molecule has 2 fully saturated rings. The zero-order valence-corrected chi connectivity index (χ0v) is 17.8. The number of carbonyl (C=O) groups excluding carboxylic acids is 1. The van der Waals surface area contributed by atoms with Gasteiger partial charge in [-0.25, -0.2) is 4.79 Å². The van der Waals surface area contributed by atoms with Gasteiger partial charge in [-0.1, -0.05) is 0 Å². The van der Waals surface area contributed by atoms with Crippen molar-refractivity contribution in [3.8, 4) is 0 Å². The van der Waals surface area contributed by atoms with E-state index in [1.165, 1.54) is 5.56 Å². The van der Waals surface area contributed by atoms with E-state index in [9.17, 15) is 18.0 Å². The first-order chi connectivity index (χ1) is 14.6. The minimum Gasteiger partial charge on any atom is -0.475 e. The maximum Gasteiger partial charge on any atom is 0.490 e. The van der Waals surface area contributed by atoms with Gasteiger partial charge in [0.2, 0.25) is 5.91 Å². The number of fused-ring (bicyclic) bond motifs is 1. The Morgan fingerprint density at radius 2 is 2.10 bits per heavy atom. The molecular formula is C20H25F3N4O3S. The Balaban J connectivity index is 0.000000339. The van der Waals surface area contributed by atoms with E-state index in [-0.39, 0.29) is 11.9 Å². The summed E-state index contributed by atoms with van der Waals surface area (Å²) in [6.07, 6.45) is 0.889. The van der Waals surface area contributed by atoms with Crippen LogP contribution in [0.2, 0.25) is 0 Å². The van der Waals surface area contributed by atoms with Crippen molar-refractivity contribution in [3.63, 3.8) is 0 Å². The van der Waals surface area contributed by atoms with Gasteiger partial charge >= 0.3 is 12.1 Å². The Labute approximate surface area is 182 Å². The molecule has 2 aromatic heterocycles. The first-order valence-corrected chi connectivity index (χ1v) is 10.9. The van der Waals surface area contributed by atoms with Crippen LogP contribution >= 0.6 is 11.3 Å². The van der Waals surface area contributed by atoms with Gasteiger partial charge in [0.15, 0.2) is 0 Å². The zero-order chi connectivity index (χ0) is 22.6. The SMILES string of the molecule is CC(=O)N1C(Cn2cccn2)C[C@@H]2CN(Cc3ccsc3)CC[C@@H]21.O=C(O)C(F)(F)F. The predicted octanol–water partition coefficient (Wildman–Crippen LogP) is 3.09. The van der Waals surface area contributed by atoms with E-state index in [2.05, 4.69) is 31.7 Å². The number of carbonyl (C=O) groups is 2. The molecule has 7 nitrogen and oxygen atoms in total. The molecule has 2 saturated heterocycles. The van der Waals surface area contributed by atoms with E-state index >= 15 is 0 Å². The van der Waals surface area contributed by atoms with Gasteiger partial charge in [-0.15, -0.1) is 0 Å². The number of likely N-dealkylation sites (tertiary alicyclic amines) is 2. The second kappa shape index (κ2) is 9.82. The third kappa shape index (κ3) is 6.07. The number of aromatic nitrogens is 2. The molecule has 1 unspecified atom stereocenters. The van der Waals surface area contributed by atoms with Gasteiger partial charge < -0.3 is 10.0 Å². The topological polar surface area (TPSA) is 78.7 Å². The molecule has 0 bridgehead atoms. The molecule has 4 rings (SSSR count). The molecule has 2 aliphatic heterocycles. The summed E-state index contributed by atoms with van der Waals surface area (Å²) in [5.41, 5.74) is 1.41. The van der Waals surface area contributed by atoms with E-state index < -0.39 is 12.1 Å². The number of piperidine rings is 1. The average molecular weight is 459 g/mol. The van der Waals surface area contributed by atoms with Crippen LogP contribution in [0.5, 0.6) is 0 Å². The van der Waals surface area contributed by atoms with Crippen LogP contribution in [0.4, 0.5) is 13.2 Å². The summed E-state index contributed by atoms with van der Waals surface area (Å²) in [6, 6.07) is 4.84. The first kappa shape index (κ1) is 23.3. The number of nitrogens with zero attached hydrogens (tertiary/aromatic N) is 4. The molecule has 31 heavy (non-hydrogen) atoms. The lowest BCUT2D eigenvalue weighted by Gasteiger charge is -2.38. The number of thiophene rings is 1. The Hall–Kier alpha value is -2.40. The van der Waals surface area contributed by atoms with Gasteiger partial charge in [0.25, 0.3) is 0 Å². The van der Waals surface area contributed by atoms with Crippen molar-refractivity contribution in [2.75, 3.05) is 13.1 Å². The molecule has 170 valence electrons. The summed E-state index contributed by atoms with van der Waals surface area (Å²) in [5, 5.41) is 15.8. The van der Waals surface area contributed by atoms with Crippen molar-refractivity contribution in [3.05, 3.63) is 40.8 Å². The van der Waals surface area contributed by atoms with E-state index in [4.69, 9.17) is 9.90 Å². The lowest BCUT2D eigenvalue weighted by molar-refractivity contribution is -0.192. The highest BCUT2D eigenvalue weighted by Crippen LogP contribution is 2.36. The second-order valence-electron chi connectivity index (χ2n) is 7.83. The van der Waals surface area contributed by atoms with Crippen molar-refractivity contribution in [2.45, 2.75) is 51.1 Å². The van der Waals surface area contributed by atoms with Crippen LogP contribution in [0.3, 0.4) is 0 Å². The largest absolute Gasteiger partial charge is 0.490 e. The molecule has 11 heteroatoms. The fourth-order valence-corrected chi connectivity index (χ4v) is 5.15. The molecule has 1 N–H and O–H groups in total. The highest BCUT2D eigenvalue weighted by atomic mass is 32.1. The van der Waals surface area contributed by atoms with Gasteiger partial charge in [-0.05, 0) is 47.2 Å². The monoisotopic (exact) mass is 458 g/mol. The standard InChI is InChI=1S/C18H24N4OS.C2HF3O2/c1-14(23)22-17(12-21-6-2-5-19-21)9-16-11-20(7-3-18(16)22)10-15-4-8-24-13-15;3-2(4,5)1(6)7/h2,4-6,8,13,16-18H,3,7,9-12H2,1H3;(H,6,7)/t16-,17?,18+;/m1./s1. The van der Waals surface area contributed by atoms with Gasteiger partial charge in [-0.3, -0.25) is 14.4 Å². The van der Waals surface area contributed by atoms with Crippen molar-refractivity contribution in [2.24, 2.45) is 5.92 Å². The first-order valence-electron chi connectivity index (χ1n) is 9.95. The number of aliphatic carboxylic acids is 1. The molecular weight excluding hydrogens is 433 g/mol. The van der Waals surface area contributed by atoms with Crippen LogP contribution < -0.4 is 0 Å². The van der Waals surface area contributed by atoms with Gasteiger partial charge in [0.05, 0.1) is 12.6 Å². The highest BCUT2D eigenvalue weighted by molar-refractivity contribution is 7.07.